The van der Waals surface area contributed by atoms with E-state index in [0.717, 1.165) is 19.4 Å². The fourth-order valence-electron chi connectivity index (χ4n) is 4.13. The second-order valence-electron chi connectivity index (χ2n) is 6.49. The Morgan fingerprint density at radius 2 is 1.87 bits per heavy atom. The summed E-state index contributed by atoms with van der Waals surface area (Å²) in [4.78, 5) is 2.45. The van der Waals surface area contributed by atoms with Gasteiger partial charge in [-0.2, -0.15) is 0 Å². The molecule has 3 atom stereocenters. The Morgan fingerprint density at radius 1 is 1.09 bits per heavy atom. The third-order valence-electron chi connectivity index (χ3n) is 5.23. The Kier molecular flexibility index (Phi) is 4.17. The van der Waals surface area contributed by atoms with Crippen molar-refractivity contribution in [1.29, 1.82) is 0 Å². The summed E-state index contributed by atoms with van der Waals surface area (Å²) in [5.74, 6) is 0. The summed E-state index contributed by atoms with van der Waals surface area (Å²) < 4.78 is 6.14. The zero-order valence-electron chi connectivity index (χ0n) is 13.3. The van der Waals surface area contributed by atoms with Crippen LogP contribution in [0.3, 0.4) is 0 Å². The Balaban J connectivity index is 1.62. The number of rotatable bonds is 4. The number of ether oxygens (including phenoxy) is 1. The van der Waals surface area contributed by atoms with Crippen molar-refractivity contribution >= 4 is 0 Å². The van der Waals surface area contributed by atoms with Crippen molar-refractivity contribution in [3.8, 4) is 0 Å². The van der Waals surface area contributed by atoms with Crippen LogP contribution in [0.1, 0.15) is 41.7 Å². The summed E-state index contributed by atoms with van der Waals surface area (Å²) in [7, 11) is 0. The molecule has 2 aromatic rings. The zero-order valence-corrected chi connectivity index (χ0v) is 13.3. The van der Waals surface area contributed by atoms with Gasteiger partial charge in [-0.05, 0) is 36.1 Å². The van der Waals surface area contributed by atoms with Gasteiger partial charge >= 0.3 is 0 Å². The average molecular weight is 309 g/mol. The molecule has 4 rings (SSSR count). The van der Waals surface area contributed by atoms with E-state index in [0.29, 0.717) is 12.6 Å². The number of benzene rings is 2. The van der Waals surface area contributed by atoms with Crippen LogP contribution in [0, 0.1) is 0 Å². The van der Waals surface area contributed by atoms with Crippen LogP contribution >= 0.6 is 0 Å². The van der Waals surface area contributed by atoms with Crippen LogP contribution in [0.2, 0.25) is 0 Å². The van der Waals surface area contributed by atoms with Gasteiger partial charge in [0.1, 0.15) is 0 Å². The van der Waals surface area contributed by atoms with Crippen molar-refractivity contribution < 1.29 is 9.84 Å². The van der Waals surface area contributed by atoms with Gasteiger partial charge < -0.3 is 9.84 Å². The molecule has 0 bridgehead atoms. The molecule has 2 aliphatic heterocycles. The molecule has 0 aromatic heterocycles. The smallest absolute Gasteiger partial charge is 0.0988 e. The van der Waals surface area contributed by atoms with Crippen LogP contribution < -0.4 is 0 Å². The minimum atomic E-state index is 0.0556. The molecule has 0 spiro atoms. The lowest BCUT2D eigenvalue weighted by Gasteiger charge is -2.35. The fraction of sp³-hybridized carbons (Fsp3) is 0.400. The Bertz CT molecular complexity index is 650. The van der Waals surface area contributed by atoms with Crippen molar-refractivity contribution in [2.45, 2.75) is 37.6 Å². The zero-order chi connectivity index (χ0) is 15.6. The van der Waals surface area contributed by atoms with Gasteiger partial charge in [-0.1, -0.05) is 54.6 Å². The van der Waals surface area contributed by atoms with E-state index in [1.165, 1.54) is 16.7 Å². The Hall–Kier alpha value is -1.68. The normalized spacial score (nSPS) is 25.4. The third kappa shape index (κ3) is 2.69. The van der Waals surface area contributed by atoms with Crippen molar-refractivity contribution in [1.82, 2.24) is 4.90 Å². The summed E-state index contributed by atoms with van der Waals surface area (Å²) in [5, 5.41) is 10.0. The maximum absolute atomic E-state index is 10.0. The average Bonchev–Trinajstić information content (AvgIpc) is 3.23. The first-order valence-corrected chi connectivity index (χ1v) is 8.49. The van der Waals surface area contributed by atoms with Gasteiger partial charge in [-0.25, -0.2) is 0 Å². The fourth-order valence-corrected chi connectivity index (χ4v) is 4.13. The summed E-state index contributed by atoms with van der Waals surface area (Å²) in [5.41, 5.74) is 3.83. The highest BCUT2D eigenvalue weighted by molar-refractivity contribution is 5.33. The third-order valence-corrected chi connectivity index (χ3v) is 5.23. The van der Waals surface area contributed by atoms with E-state index in [9.17, 15) is 5.11 Å². The molecule has 2 aromatic carbocycles. The van der Waals surface area contributed by atoms with Gasteiger partial charge in [0.05, 0.1) is 25.4 Å². The van der Waals surface area contributed by atoms with Gasteiger partial charge in [-0.3, -0.25) is 4.90 Å². The SMILES string of the molecule is OC[C@@H](c1ccccc1)N1CCC[C@@H]1[C@H]1OCc2ccccc21. The van der Waals surface area contributed by atoms with Crippen molar-refractivity contribution in [2.75, 3.05) is 13.2 Å². The number of aliphatic hydroxyl groups is 1. The molecule has 2 aliphatic rings. The first kappa shape index (κ1) is 14.9. The monoisotopic (exact) mass is 309 g/mol. The molecule has 120 valence electrons. The van der Waals surface area contributed by atoms with Crippen molar-refractivity contribution in [3.05, 3.63) is 71.3 Å². The minimum absolute atomic E-state index is 0.0556. The molecule has 0 radical (unpaired) electrons. The lowest BCUT2D eigenvalue weighted by atomic mass is 9.96. The number of hydrogen-bond donors (Lipinski definition) is 1. The molecule has 3 heteroatoms. The molecular formula is C20H23NO2. The maximum atomic E-state index is 10.0. The van der Waals surface area contributed by atoms with E-state index in [4.69, 9.17) is 4.74 Å². The van der Waals surface area contributed by atoms with E-state index in [-0.39, 0.29) is 18.8 Å². The van der Waals surface area contributed by atoms with E-state index >= 15 is 0 Å². The number of nitrogens with zero attached hydrogens (tertiary/aromatic N) is 1. The van der Waals surface area contributed by atoms with E-state index in [1.54, 1.807) is 0 Å². The number of aliphatic hydroxyl groups excluding tert-OH is 1. The van der Waals surface area contributed by atoms with Gasteiger partial charge in [0.2, 0.25) is 0 Å². The quantitative estimate of drug-likeness (QED) is 0.939. The van der Waals surface area contributed by atoms with Crippen LogP contribution in [0.15, 0.2) is 54.6 Å². The highest BCUT2D eigenvalue weighted by Crippen LogP contribution is 2.41. The molecule has 0 saturated carbocycles. The summed E-state index contributed by atoms with van der Waals surface area (Å²) in [6.45, 7) is 1.88. The van der Waals surface area contributed by atoms with E-state index in [1.807, 2.05) is 18.2 Å². The van der Waals surface area contributed by atoms with Crippen LogP contribution in [0.25, 0.3) is 0 Å². The van der Waals surface area contributed by atoms with Gasteiger partial charge in [0.15, 0.2) is 0 Å². The maximum Gasteiger partial charge on any atom is 0.0988 e. The second kappa shape index (κ2) is 6.44. The number of hydrogen-bond acceptors (Lipinski definition) is 3. The molecule has 2 heterocycles. The largest absolute Gasteiger partial charge is 0.394 e. The van der Waals surface area contributed by atoms with Gasteiger partial charge in [0.25, 0.3) is 0 Å². The summed E-state index contributed by atoms with van der Waals surface area (Å²) >= 11 is 0. The van der Waals surface area contributed by atoms with E-state index in [2.05, 4.69) is 41.3 Å². The molecular weight excluding hydrogens is 286 g/mol. The lowest BCUT2D eigenvalue weighted by molar-refractivity contribution is -0.0135. The Labute approximate surface area is 137 Å². The molecule has 23 heavy (non-hydrogen) atoms. The van der Waals surface area contributed by atoms with Gasteiger partial charge in [0, 0.05) is 6.04 Å². The molecule has 0 aliphatic carbocycles. The molecule has 0 amide bonds. The predicted molar refractivity (Wildman–Crippen MR) is 90.0 cm³/mol. The highest BCUT2D eigenvalue weighted by Gasteiger charge is 2.40. The topological polar surface area (TPSA) is 32.7 Å². The Morgan fingerprint density at radius 3 is 2.70 bits per heavy atom. The van der Waals surface area contributed by atoms with Crippen molar-refractivity contribution in [3.63, 3.8) is 0 Å². The summed E-state index contributed by atoms with van der Waals surface area (Å²) in [6.07, 6.45) is 2.42. The molecule has 1 saturated heterocycles. The van der Waals surface area contributed by atoms with Crippen molar-refractivity contribution in [2.24, 2.45) is 0 Å². The van der Waals surface area contributed by atoms with Crippen LogP contribution in [0.5, 0.6) is 0 Å². The number of fused-ring (bicyclic) bond motifs is 1. The number of likely N-dealkylation sites (tertiary alicyclic amines) is 1. The molecule has 3 nitrogen and oxygen atoms in total. The second-order valence-corrected chi connectivity index (χ2v) is 6.49. The first-order chi connectivity index (χ1) is 11.4. The summed E-state index contributed by atoms with van der Waals surface area (Å²) in [6, 6.07) is 19.3. The van der Waals surface area contributed by atoms with Crippen LogP contribution in [-0.4, -0.2) is 29.2 Å². The van der Waals surface area contributed by atoms with E-state index < -0.39 is 0 Å². The molecule has 1 N–H and O–H groups in total. The standard InChI is InChI=1S/C20H23NO2/c22-13-19(15-7-2-1-3-8-15)21-12-6-11-18(21)20-17-10-5-4-9-16(17)14-23-20/h1-5,7-10,18-20,22H,6,11-14H2/t18-,19+,20+/m1/s1. The predicted octanol–water partition coefficient (Wildman–Crippen LogP) is 3.46. The molecule has 0 unspecified atom stereocenters. The molecule has 1 fully saturated rings. The van der Waals surface area contributed by atoms with Gasteiger partial charge in [-0.15, -0.1) is 0 Å². The van der Waals surface area contributed by atoms with Crippen LogP contribution in [0.4, 0.5) is 0 Å². The first-order valence-electron chi connectivity index (χ1n) is 8.49. The highest BCUT2D eigenvalue weighted by atomic mass is 16.5. The van der Waals surface area contributed by atoms with Crippen LogP contribution in [-0.2, 0) is 11.3 Å². The lowest BCUT2D eigenvalue weighted by Crippen LogP contribution is -2.39. The minimum Gasteiger partial charge on any atom is -0.394 e.